The molecule has 7 heteroatoms. The Labute approximate surface area is 134 Å². The minimum atomic E-state index is -0.942. The molecule has 1 N–H and O–H groups in total. The molecule has 0 aromatic heterocycles. The van der Waals surface area contributed by atoms with Gasteiger partial charge in [-0.05, 0) is 44.0 Å². The number of carbonyl (C=O) groups excluding carboxylic acids is 3. The Kier molecular flexibility index (Phi) is 5.20. The second kappa shape index (κ2) is 7.13. The fourth-order valence-electron chi connectivity index (χ4n) is 2.21. The van der Waals surface area contributed by atoms with Crippen molar-refractivity contribution >= 4 is 23.7 Å². The standard InChI is InChI=1S/C16H20N2O5/c1-4-22-15(20)14(19)17-8-13-9-18(16(21)23-13)12-6-5-10(2)11(3)7-12/h5-7,13H,4,8-9H2,1-3H3,(H,17,19). The van der Waals surface area contributed by atoms with E-state index in [-0.39, 0.29) is 13.2 Å². The van der Waals surface area contributed by atoms with Crippen LogP contribution in [0.1, 0.15) is 18.1 Å². The van der Waals surface area contributed by atoms with Crippen LogP contribution in [-0.4, -0.2) is 43.8 Å². The summed E-state index contributed by atoms with van der Waals surface area (Å²) < 4.78 is 9.79. The van der Waals surface area contributed by atoms with Crippen LogP contribution < -0.4 is 10.2 Å². The third kappa shape index (κ3) is 4.00. The molecule has 2 amide bonds. The molecule has 1 fully saturated rings. The highest BCUT2D eigenvalue weighted by Crippen LogP contribution is 2.23. The lowest BCUT2D eigenvalue weighted by molar-refractivity contribution is -0.154. The van der Waals surface area contributed by atoms with Gasteiger partial charge in [0.25, 0.3) is 0 Å². The second-order valence-electron chi connectivity index (χ2n) is 5.32. The van der Waals surface area contributed by atoms with Crippen LogP contribution in [0.3, 0.4) is 0 Å². The molecule has 1 aromatic carbocycles. The fraction of sp³-hybridized carbons (Fsp3) is 0.438. The quantitative estimate of drug-likeness (QED) is 0.668. The van der Waals surface area contributed by atoms with E-state index >= 15 is 0 Å². The van der Waals surface area contributed by atoms with Crippen molar-refractivity contribution < 1.29 is 23.9 Å². The zero-order valence-electron chi connectivity index (χ0n) is 13.4. The molecule has 124 valence electrons. The first-order chi connectivity index (χ1) is 10.9. The summed E-state index contributed by atoms with van der Waals surface area (Å²) in [4.78, 5) is 36.1. The summed E-state index contributed by atoms with van der Waals surface area (Å²) in [6.45, 7) is 6.08. The summed E-state index contributed by atoms with van der Waals surface area (Å²) in [5.41, 5.74) is 2.96. The molecule has 1 saturated heterocycles. The Balaban J connectivity index is 1.93. The monoisotopic (exact) mass is 320 g/mol. The van der Waals surface area contributed by atoms with Crippen LogP contribution in [0.5, 0.6) is 0 Å². The van der Waals surface area contributed by atoms with E-state index in [0.29, 0.717) is 6.54 Å². The zero-order valence-corrected chi connectivity index (χ0v) is 13.4. The van der Waals surface area contributed by atoms with Gasteiger partial charge in [-0.15, -0.1) is 0 Å². The molecule has 1 aliphatic heterocycles. The second-order valence-corrected chi connectivity index (χ2v) is 5.32. The number of hydrogen-bond donors (Lipinski definition) is 1. The smallest absolute Gasteiger partial charge is 0.414 e. The Hall–Kier alpha value is -2.57. The number of nitrogens with one attached hydrogen (secondary N) is 1. The van der Waals surface area contributed by atoms with Gasteiger partial charge in [-0.3, -0.25) is 9.69 Å². The van der Waals surface area contributed by atoms with Crippen LogP contribution in [0.15, 0.2) is 18.2 Å². The third-order valence-corrected chi connectivity index (χ3v) is 3.63. The zero-order chi connectivity index (χ0) is 17.0. The highest BCUT2D eigenvalue weighted by atomic mass is 16.6. The van der Waals surface area contributed by atoms with Crippen LogP contribution in [0.2, 0.25) is 0 Å². The molecular formula is C16H20N2O5. The average molecular weight is 320 g/mol. The number of carbonyl (C=O) groups is 3. The molecule has 0 bridgehead atoms. The van der Waals surface area contributed by atoms with Gasteiger partial charge in [0, 0.05) is 5.69 Å². The van der Waals surface area contributed by atoms with Crippen molar-refractivity contribution in [3.05, 3.63) is 29.3 Å². The number of rotatable bonds is 4. The first kappa shape index (κ1) is 16.8. The Morgan fingerprint density at radius 2 is 2.09 bits per heavy atom. The van der Waals surface area contributed by atoms with Crippen molar-refractivity contribution in [3.8, 4) is 0 Å². The minimum absolute atomic E-state index is 0.0602. The lowest BCUT2D eigenvalue weighted by atomic mass is 10.1. The number of esters is 1. The molecule has 1 heterocycles. The topological polar surface area (TPSA) is 84.9 Å². The molecule has 7 nitrogen and oxygen atoms in total. The predicted molar refractivity (Wildman–Crippen MR) is 83.2 cm³/mol. The van der Waals surface area contributed by atoms with Crippen molar-refractivity contribution in [2.75, 3.05) is 24.6 Å². The molecule has 0 saturated carbocycles. The van der Waals surface area contributed by atoms with E-state index in [1.54, 1.807) is 6.92 Å². The van der Waals surface area contributed by atoms with Gasteiger partial charge >= 0.3 is 18.0 Å². The summed E-state index contributed by atoms with van der Waals surface area (Å²) >= 11 is 0. The lowest BCUT2D eigenvalue weighted by Crippen LogP contribution is -2.39. The molecule has 1 atom stereocenters. The minimum Gasteiger partial charge on any atom is -0.459 e. The molecule has 1 unspecified atom stereocenters. The highest BCUT2D eigenvalue weighted by molar-refractivity contribution is 6.32. The largest absolute Gasteiger partial charge is 0.459 e. The first-order valence-electron chi connectivity index (χ1n) is 7.42. The molecule has 1 aliphatic rings. The third-order valence-electron chi connectivity index (χ3n) is 3.63. The lowest BCUT2D eigenvalue weighted by Gasteiger charge is -2.14. The fourth-order valence-corrected chi connectivity index (χ4v) is 2.21. The number of cyclic esters (lactones) is 1. The molecule has 23 heavy (non-hydrogen) atoms. The molecular weight excluding hydrogens is 300 g/mol. The molecule has 1 aromatic rings. The van der Waals surface area contributed by atoms with Gasteiger partial charge in [-0.2, -0.15) is 0 Å². The molecule has 2 rings (SSSR count). The van der Waals surface area contributed by atoms with Crippen molar-refractivity contribution in [2.24, 2.45) is 0 Å². The highest BCUT2D eigenvalue weighted by Gasteiger charge is 2.33. The predicted octanol–water partition coefficient (Wildman–Crippen LogP) is 1.31. The number of aryl methyl sites for hydroxylation is 2. The Morgan fingerprint density at radius 3 is 2.74 bits per heavy atom. The van der Waals surface area contributed by atoms with Gasteiger partial charge < -0.3 is 14.8 Å². The van der Waals surface area contributed by atoms with Crippen molar-refractivity contribution in [2.45, 2.75) is 26.9 Å². The average Bonchev–Trinajstić information content (AvgIpc) is 2.89. The van der Waals surface area contributed by atoms with Crippen LogP contribution in [0, 0.1) is 13.8 Å². The van der Waals surface area contributed by atoms with Crippen LogP contribution >= 0.6 is 0 Å². The number of anilines is 1. The molecule has 0 aliphatic carbocycles. The van der Waals surface area contributed by atoms with E-state index < -0.39 is 24.1 Å². The summed E-state index contributed by atoms with van der Waals surface area (Å²) in [7, 11) is 0. The van der Waals surface area contributed by atoms with Gasteiger partial charge in [0.15, 0.2) is 0 Å². The summed E-state index contributed by atoms with van der Waals surface area (Å²) in [5, 5.41) is 2.40. The summed E-state index contributed by atoms with van der Waals surface area (Å²) in [6, 6.07) is 5.70. The number of hydrogen-bond acceptors (Lipinski definition) is 5. The Morgan fingerprint density at radius 1 is 1.35 bits per heavy atom. The number of amides is 2. The summed E-state index contributed by atoms with van der Waals surface area (Å²) in [6.07, 6.45) is -0.980. The van der Waals surface area contributed by atoms with Crippen LogP contribution in [-0.2, 0) is 19.1 Å². The van der Waals surface area contributed by atoms with E-state index in [1.807, 2.05) is 32.0 Å². The van der Waals surface area contributed by atoms with Crippen LogP contribution in [0.4, 0.5) is 10.5 Å². The number of ether oxygens (including phenoxy) is 2. The number of nitrogens with zero attached hydrogens (tertiary/aromatic N) is 1. The Bertz CT molecular complexity index is 629. The van der Waals surface area contributed by atoms with Gasteiger partial charge in [0.1, 0.15) is 6.10 Å². The molecule has 0 spiro atoms. The maximum atomic E-state index is 12.0. The maximum absolute atomic E-state index is 12.0. The van der Waals surface area contributed by atoms with Crippen molar-refractivity contribution in [1.82, 2.24) is 5.32 Å². The van der Waals surface area contributed by atoms with E-state index in [9.17, 15) is 14.4 Å². The summed E-state index contributed by atoms with van der Waals surface area (Å²) in [5.74, 6) is -1.78. The van der Waals surface area contributed by atoms with E-state index in [4.69, 9.17) is 4.74 Å². The van der Waals surface area contributed by atoms with E-state index in [0.717, 1.165) is 16.8 Å². The van der Waals surface area contributed by atoms with E-state index in [2.05, 4.69) is 10.1 Å². The van der Waals surface area contributed by atoms with Gasteiger partial charge in [0.05, 0.1) is 19.7 Å². The van der Waals surface area contributed by atoms with Crippen molar-refractivity contribution in [1.29, 1.82) is 0 Å². The van der Waals surface area contributed by atoms with Gasteiger partial charge in [-0.1, -0.05) is 6.07 Å². The maximum Gasteiger partial charge on any atom is 0.414 e. The molecule has 0 radical (unpaired) electrons. The first-order valence-corrected chi connectivity index (χ1v) is 7.42. The van der Waals surface area contributed by atoms with Gasteiger partial charge in [0.2, 0.25) is 0 Å². The van der Waals surface area contributed by atoms with E-state index in [1.165, 1.54) is 4.90 Å². The van der Waals surface area contributed by atoms with Crippen LogP contribution in [0.25, 0.3) is 0 Å². The number of benzene rings is 1. The normalized spacial score (nSPS) is 16.9. The SMILES string of the molecule is CCOC(=O)C(=O)NCC1CN(c2ccc(C)c(C)c2)C(=O)O1. The van der Waals surface area contributed by atoms with Crippen molar-refractivity contribution in [3.63, 3.8) is 0 Å². The van der Waals surface area contributed by atoms with Gasteiger partial charge in [-0.25, -0.2) is 9.59 Å².